The van der Waals surface area contributed by atoms with Gasteiger partial charge >= 0.3 is 5.97 Å². The van der Waals surface area contributed by atoms with Crippen molar-refractivity contribution < 1.29 is 33.7 Å². The smallest absolute Gasteiger partial charge is 0.312 e. The van der Waals surface area contributed by atoms with Crippen molar-refractivity contribution in [3.05, 3.63) is 85.5 Å². The second kappa shape index (κ2) is 13.2. The number of carbonyl (C=O) groups excluding carboxylic acids is 3. The number of aliphatic hydroxyl groups is 1. The number of esters is 1. The Balaban J connectivity index is 1.60. The normalized spacial score (nSPS) is 28.8. The third-order valence-electron chi connectivity index (χ3n) is 9.94. The van der Waals surface area contributed by atoms with Gasteiger partial charge in [-0.15, -0.1) is 13.2 Å². The number of hydrogen-bond donors (Lipinski definition) is 1. The molecule has 2 amide bonds. The molecule has 3 heterocycles. The second-order valence-electron chi connectivity index (χ2n) is 12.4. The first-order chi connectivity index (χ1) is 21.7. The average Bonchev–Trinajstić information content (AvgIpc) is 3.57. The third-order valence-corrected chi connectivity index (χ3v) is 9.94. The Morgan fingerprint density at radius 3 is 2.47 bits per heavy atom. The number of rotatable bonds is 14. The van der Waals surface area contributed by atoms with Gasteiger partial charge in [0.25, 0.3) is 5.91 Å². The van der Waals surface area contributed by atoms with E-state index in [0.717, 1.165) is 12.8 Å². The van der Waals surface area contributed by atoms with Crippen LogP contribution >= 0.6 is 0 Å². The van der Waals surface area contributed by atoms with Crippen LogP contribution in [0.5, 0.6) is 5.75 Å². The predicted molar refractivity (Wildman–Crippen MR) is 170 cm³/mol. The minimum absolute atomic E-state index is 0.145. The average molecular weight is 617 g/mol. The van der Waals surface area contributed by atoms with Crippen molar-refractivity contribution in [2.75, 3.05) is 31.8 Å². The number of carbonyl (C=O) groups is 3. The molecule has 45 heavy (non-hydrogen) atoms. The van der Waals surface area contributed by atoms with Gasteiger partial charge < -0.3 is 29.1 Å². The molecule has 0 aliphatic carbocycles. The molecule has 3 aliphatic heterocycles. The zero-order valence-corrected chi connectivity index (χ0v) is 26.4. The zero-order chi connectivity index (χ0) is 32.4. The van der Waals surface area contributed by atoms with Gasteiger partial charge in [0.05, 0.1) is 37.9 Å². The Morgan fingerprint density at radius 1 is 1.13 bits per heavy atom. The lowest BCUT2D eigenvalue weighted by molar-refractivity contribution is -0.162. The Hall–Kier alpha value is -3.95. The molecule has 7 atom stereocenters. The summed E-state index contributed by atoms with van der Waals surface area (Å²) in [6, 6.07) is 14.3. The van der Waals surface area contributed by atoms with Gasteiger partial charge in [0.2, 0.25) is 5.91 Å². The molecule has 3 fully saturated rings. The van der Waals surface area contributed by atoms with Gasteiger partial charge in [0.1, 0.15) is 23.3 Å². The number of ether oxygens (including phenoxy) is 3. The van der Waals surface area contributed by atoms with Crippen LogP contribution < -0.4 is 9.64 Å². The number of likely N-dealkylation sites (tertiary alicyclic amines) is 1. The molecule has 2 aromatic rings. The van der Waals surface area contributed by atoms with Crippen molar-refractivity contribution in [1.29, 1.82) is 0 Å². The van der Waals surface area contributed by atoms with Crippen molar-refractivity contribution >= 4 is 23.5 Å². The maximum absolute atomic E-state index is 15.0. The van der Waals surface area contributed by atoms with E-state index >= 15 is 0 Å². The first kappa shape index (κ1) is 32.4. The molecule has 9 heteroatoms. The van der Waals surface area contributed by atoms with E-state index in [1.54, 1.807) is 42.4 Å². The molecule has 3 saturated heterocycles. The van der Waals surface area contributed by atoms with Crippen LogP contribution in [0.25, 0.3) is 0 Å². The summed E-state index contributed by atoms with van der Waals surface area (Å²) in [6.45, 7) is 11.5. The minimum atomic E-state index is -1.30. The summed E-state index contributed by atoms with van der Waals surface area (Å²) in [5.41, 5.74) is -1.04. The highest BCUT2D eigenvalue weighted by atomic mass is 16.6. The molecular weight excluding hydrogens is 572 g/mol. The summed E-state index contributed by atoms with van der Waals surface area (Å²) in [6.07, 6.45) is 6.18. The molecule has 9 nitrogen and oxygen atoms in total. The monoisotopic (exact) mass is 616 g/mol. The summed E-state index contributed by atoms with van der Waals surface area (Å²) in [4.78, 5) is 46.6. The van der Waals surface area contributed by atoms with E-state index < -0.39 is 53.6 Å². The minimum Gasteiger partial charge on any atom is -0.497 e. The van der Waals surface area contributed by atoms with E-state index in [0.29, 0.717) is 29.8 Å². The van der Waals surface area contributed by atoms with Crippen LogP contribution in [0.2, 0.25) is 0 Å². The van der Waals surface area contributed by atoms with E-state index in [4.69, 9.17) is 14.2 Å². The first-order valence-corrected chi connectivity index (χ1v) is 15.7. The quantitative estimate of drug-likeness (QED) is 0.184. The number of methoxy groups -OCH3 is 1. The Kier molecular flexibility index (Phi) is 9.51. The van der Waals surface area contributed by atoms with Crippen LogP contribution in [0, 0.1) is 17.8 Å². The molecule has 2 aromatic carbocycles. The second-order valence-corrected chi connectivity index (χ2v) is 12.4. The Labute approximate surface area is 265 Å². The van der Waals surface area contributed by atoms with E-state index in [-0.39, 0.29) is 25.0 Å². The fourth-order valence-corrected chi connectivity index (χ4v) is 7.69. The molecule has 240 valence electrons. The van der Waals surface area contributed by atoms with Crippen molar-refractivity contribution in [3.8, 4) is 5.75 Å². The third kappa shape index (κ3) is 5.46. The Bertz CT molecular complexity index is 1410. The van der Waals surface area contributed by atoms with Crippen molar-refractivity contribution in [2.45, 2.75) is 62.8 Å². The molecule has 1 spiro atoms. The maximum atomic E-state index is 15.0. The van der Waals surface area contributed by atoms with Crippen LogP contribution in [0.4, 0.5) is 5.69 Å². The molecule has 3 aliphatic rings. The standard InChI is InChI=1S/C36H44N2O7/c1-6-8-9-13-21-44-34(42)30-29-32(40)38(28(23-39)25-14-11-10-12-15-25)31(36(29)22-24(3)35(30,4)45-36)33(41)37(20-7-2)26-16-18-27(43-5)19-17-26/h6-7,10-12,14-19,24,28-31,39H,1-2,8-9,13,20-23H2,3-5H3/t24?,28-,29+,30+,31?,35-,36?/m1/s1. The highest BCUT2D eigenvalue weighted by molar-refractivity contribution is 6.05. The molecule has 2 bridgehead atoms. The van der Waals surface area contributed by atoms with Crippen molar-refractivity contribution in [3.63, 3.8) is 0 Å². The molecule has 0 radical (unpaired) electrons. The van der Waals surface area contributed by atoms with Crippen LogP contribution in [0.3, 0.4) is 0 Å². The number of allylic oxidation sites excluding steroid dienone is 1. The van der Waals surface area contributed by atoms with Crippen molar-refractivity contribution in [1.82, 2.24) is 4.90 Å². The van der Waals surface area contributed by atoms with Gasteiger partial charge in [-0.1, -0.05) is 49.4 Å². The summed E-state index contributed by atoms with van der Waals surface area (Å²) < 4.78 is 18.0. The number of nitrogens with zero attached hydrogens (tertiary/aromatic N) is 2. The highest BCUT2D eigenvalue weighted by Gasteiger charge is 2.81. The lowest BCUT2D eigenvalue weighted by atomic mass is 9.62. The number of fused-ring (bicyclic) bond motifs is 1. The summed E-state index contributed by atoms with van der Waals surface area (Å²) in [5, 5.41) is 10.8. The topological polar surface area (TPSA) is 106 Å². The van der Waals surface area contributed by atoms with Gasteiger partial charge in [0, 0.05) is 12.2 Å². The van der Waals surface area contributed by atoms with Crippen LogP contribution in [0.1, 0.15) is 51.1 Å². The summed E-state index contributed by atoms with van der Waals surface area (Å²) in [7, 11) is 1.57. The van der Waals surface area contributed by atoms with Gasteiger partial charge in [-0.3, -0.25) is 14.4 Å². The number of unbranched alkanes of at least 4 members (excludes halogenated alkanes) is 2. The highest BCUT2D eigenvalue weighted by Crippen LogP contribution is 2.66. The predicted octanol–water partition coefficient (Wildman–Crippen LogP) is 4.86. The molecule has 1 N–H and O–H groups in total. The number of amides is 2. The van der Waals surface area contributed by atoms with Crippen LogP contribution in [0.15, 0.2) is 79.9 Å². The number of benzene rings is 2. The molecule has 0 saturated carbocycles. The van der Waals surface area contributed by atoms with Crippen molar-refractivity contribution in [2.24, 2.45) is 17.8 Å². The Morgan fingerprint density at radius 2 is 1.84 bits per heavy atom. The maximum Gasteiger partial charge on any atom is 0.312 e. The largest absolute Gasteiger partial charge is 0.497 e. The first-order valence-electron chi connectivity index (χ1n) is 15.7. The molecule has 0 aromatic heterocycles. The van der Waals surface area contributed by atoms with E-state index in [9.17, 15) is 19.5 Å². The van der Waals surface area contributed by atoms with Gasteiger partial charge in [0.15, 0.2) is 0 Å². The lowest BCUT2D eigenvalue weighted by Gasteiger charge is -2.39. The zero-order valence-electron chi connectivity index (χ0n) is 26.4. The summed E-state index contributed by atoms with van der Waals surface area (Å²) in [5.74, 6) is -2.63. The molecule has 3 unspecified atom stereocenters. The van der Waals surface area contributed by atoms with Crippen LogP contribution in [-0.4, -0.2) is 71.9 Å². The SMILES string of the molecule is C=CCCCCOC(=O)[C@@H]1[C@H]2C(=O)N([C@H](CO)c3ccccc3)C(C(=O)N(CC=C)c3ccc(OC)cc3)C23CC(C)[C@@]1(C)O3. The number of anilines is 1. The lowest BCUT2D eigenvalue weighted by Crippen LogP contribution is -2.57. The number of aliphatic hydroxyl groups excluding tert-OH is 1. The van der Waals surface area contributed by atoms with Gasteiger partial charge in [-0.2, -0.15) is 0 Å². The van der Waals surface area contributed by atoms with Crippen LogP contribution in [-0.2, 0) is 23.9 Å². The van der Waals surface area contributed by atoms with E-state index in [1.807, 2.05) is 50.3 Å². The number of hydrogen-bond acceptors (Lipinski definition) is 7. The fraction of sp³-hybridized carbons (Fsp3) is 0.472. The summed E-state index contributed by atoms with van der Waals surface area (Å²) >= 11 is 0. The molecule has 5 rings (SSSR count). The fourth-order valence-electron chi connectivity index (χ4n) is 7.69. The van der Waals surface area contributed by atoms with Gasteiger partial charge in [-0.25, -0.2) is 0 Å². The van der Waals surface area contributed by atoms with E-state index in [1.165, 1.54) is 4.90 Å². The van der Waals surface area contributed by atoms with Gasteiger partial charge in [-0.05, 0) is 68.4 Å². The van der Waals surface area contributed by atoms with E-state index in [2.05, 4.69) is 13.2 Å². The molecular formula is C36H44N2O7.